The first-order valence-electron chi connectivity index (χ1n) is 6.94. The van der Waals surface area contributed by atoms with Crippen LogP contribution in [0, 0.1) is 5.92 Å². The van der Waals surface area contributed by atoms with Gasteiger partial charge in [0.15, 0.2) is 0 Å². The van der Waals surface area contributed by atoms with Crippen LogP contribution >= 0.6 is 0 Å². The molecule has 0 saturated carbocycles. The molecule has 0 aliphatic heterocycles. The number of imidazole rings is 1. The minimum atomic E-state index is 0.821. The summed E-state index contributed by atoms with van der Waals surface area (Å²) in [6, 6.07) is 0. The van der Waals surface area contributed by atoms with Gasteiger partial charge >= 0.3 is 0 Å². The molecule has 3 heteroatoms. The smallest absolute Gasteiger partial charge is 0.108 e. The highest BCUT2D eigenvalue weighted by Crippen LogP contribution is 2.02. The van der Waals surface area contributed by atoms with Gasteiger partial charge in [-0.25, -0.2) is 4.98 Å². The summed E-state index contributed by atoms with van der Waals surface area (Å²) in [6.07, 6.45) is 8.84. The fourth-order valence-electron chi connectivity index (χ4n) is 1.96. The molecule has 0 fully saturated rings. The van der Waals surface area contributed by atoms with Crippen LogP contribution in [-0.4, -0.2) is 22.6 Å². The van der Waals surface area contributed by atoms with Crippen LogP contribution in [0.3, 0.4) is 0 Å². The first-order chi connectivity index (χ1) is 8.24. The Balaban J connectivity index is 2.11. The first-order valence-corrected chi connectivity index (χ1v) is 6.94. The molecule has 0 unspecified atom stereocenters. The predicted molar refractivity (Wildman–Crippen MR) is 73.2 cm³/mol. The molecule has 0 radical (unpaired) electrons. The maximum Gasteiger partial charge on any atom is 0.108 e. The fourth-order valence-corrected chi connectivity index (χ4v) is 1.96. The number of nitrogens with zero attached hydrogens (tertiary/aromatic N) is 2. The molecule has 1 aromatic rings. The Bertz CT molecular complexity index is 291. The molecule has 1 rings (SSSR count). The van der Waals surface area contributed by atoms with E-state index >= 15 is 0 Å². The summed E-state index contributed by atoms with van der Waals surface area (Å²) in [6.45, 7) is 9.98. The summed E-state index contributed by atoms with van der Waals surface area (Å²) in [7, 11) is 0. The van der Waals surface area contributed by atoms with Crippen molar-refractivity contribution < 1.29 is 0 Å². The molecular weight excluding hydrogens is 210 g/mol. The van der Waals surface area contributed by atoms with Crippen molar-refractivity contribution in [3.63, 3.8) is 0 Å². The topological polar surface area (TPSA) is 29.9 Å². The SMILES string of the molecule is CCCc1nccn1CCNCCCC(C)C. The lowest BCUT2D eigenvalue weighted by Crippen LogP contribution is -2.22. The maximum absolute atomic E-state index is 4.38. The van der Waals surface area contributed by atoms with Gasteiger partial charge in [0.2, 0.25) is 0 Å². The van der Waals surface area contributed by atoms with Gasteiger partial charge in [0.05, 0.1) is 0 Å². The van der Waals surface area contributed by atoms with Crippen LogP contribution in [0.2, 0.25) is 0 Å². The molecule has 17 heavy (non-hydrogen) atoms. The van der Waals surface area contributed by atoms with Crippen LogP contribution in [-0.2, 0) is 13.0 Å². The average Bonchev–Trinajstić information content (AvgIpc) is 2.71. The van der Waals surface area contributed by atoms with Crippen LogP contribution in [0.15, 0.2) is 12.4 Å². The Morgan fingerprint density at radius 3 is 2.88 bits per heavy atom. The number of rotatable bonds is 9. The number of nitrogens with one attached hydrogen (secondary N) is 1. The Labute approximate surface area is 106 Å². The molecule has 0 aromatic carbocycles. The van der Waals surface area contributed by atoms with E-state index < -0.39 is 0 Å². The van der Waals surface area contributed by atoms with E-state index in [2.05, 4.69) is 41.8 Å². The van der Waals surface area contributed by atoms with Crippen molar-refractivity contribution in [3.8, 4) is 0 Å². The normalized spacial score (nSPS) is 11.3. The van der Waals surface area contributed by atoms with Crippen molar-refractivity contribution in [2.75, 3.05) is 13.1 Å². The van der Waals surface area contributed by atoms with E-state index in [0.717, 1.165) is 32.0 Å². The molecule has 1 aromatic heterocycles. The summed E-state index contributed by atoms with van der Waals surface area (Å²) >= 11 is 0. The Hall–Kier alpha value is -0.830. The van der Waals surface area contributed by atoms with Gasteiger partial charge in [0, 0.05) is 31.9 Å². The Morgan fingerprint density at radius 1 is 1.35 bits per heavy atom. The lowest BCUT2D eigenvalue weighted by atomic mass is 10.1. The molecule has 0 aliphatic carbocycles. The van der Waals surface area contributed by atoms with E-state index in [9.17, 15) is 0 Å². The van der Waals surface area contributed by atoms with E-state index in [1.165, 1.54) is 25.1 Å². The van der Waals surface area contributed by atoms with Gasteiger partial charge in [-0.1, -0.05) is 20.8 Å². The van der Waals surface area contributed by atoms with Crippen LogP contribution in [0.5, 0.6) is 0 Å². The third-order valence-corrected chi connectivity index (χ3v) is 2.94. The minimum Gasteiger partial charge on any atom is -0.334 e. The summed E-state index contributed by atoms with van der Waals surface area (Å²) in [5.41, 5.74) is 0. The maximum atomic E-state index is 4.38. The second kappa shape index (κ2) is 8.29. The van der Waals surface area contributed by atoms with Gasteiger partial charge in [0.25, 0.3) is 0 Å². The predicted octanol–water partition coefficient (Wildman–Crippen LogP) is 2.86. The highest BCUT2D eigenvalue weighted by atomic mass is 15.1. The molecule has 3 nitrogen and oxygen atoms in total. The van der Waals surface area contributed by atoms with Crippen molar-refractivity contribution in [1.29, 1.82) is 0 Å². The fraction of sp³-hybridized carbons (Fsp3) is 0.786. The van der Waals surface area contributed by atoms with Gasteiger partial charge < -0.3 is 9.88 Å². The number of hydrogen-bond donors (Lipinski definition) is 1. The summed E-state index contributed by atoms with van der Waals surface area (Å²) < 4.78 is 2.26. The zero-order valence-electron chi connectivity index (χ0n) is 11.6. The number of aryl methyl sites for hydroxylation is 1. The first kappa shape index (κ1) is 14.2. The van der Waals surface area contributed by atoms with Gasteiger partial charge in [0.1, 0.15) is 5.82 Å². The second-order valence-corrected chi connectivity index (χ2v) is 5.07. The third-order valence-electron chi connectivity index (χ3n) is 2.94. The third kappa shape index (κ3) is 5.87. The summed E-state index contributed by atoms with van der Waals surface area (Å²) in [4.78, 5) is 4.38. The van der Waals surface area contributed by atoms with Crippen LogP contribution in [0.25, 0.3) is 0 Å². The zero-order valence-corrected chi connectivity index (χ0v) is 11.6. The molecule has 0 bridgehead atoms. The highest BCUT2D eigenvalue weighted by molar-refractivity contribution is 4.92. The number of hydrogen-bond acceptors (Lipinski definition) is 2. The van der Waals surface area contributed by atoms with Crippen molar-refractivity contribution >= 4 is 0 Å². The highest BCUT2D eigenvalue weighted by Gasteiger charge is 2.00. The molecule has 0 atom stereocenters. The average molecular weight is 237 g/mol. The van der Waals surface area contributed by atoms with E-state index in [-0.39, 0.29) is 0 Å². The molecule has 98 valence electrons. The molecule has 0 spiro atoms. The molecule has 0 amide bonds. The van der Waals surface area contributed by atoms with Crippen LogP contribution < -0.4 is 5.32 Å². The van der Waals surface area contributed by atoms with Crippen molar-refractivity contribution in [1.82, 2.24) is 14.9 Å². The quantitative estimate of drug-likeness (QED) is 0.669. The largest absolute Gasteiger partial charge is 0.334 e. The lowest BCUT2D eigenvalue weighted by Gasteiger charge is -2.09. The van der Waals surface area contributed by atoms with Gasteiger partial charge in [-0.15, -0.1) is 0 Å². The summed E-state index contributed by atoms with van der Waals surface area (Å²) in [5, 5.41) is 3.50. The van der Waals surface area contributed by atoms with Gasteiger partial charge in [-0.3, -0.25) is 0 Å². The van der Waals surface area contributed by atoms with E-state index in [1.807, 2.05) is 6.20 Å². The van der Waals surface area contributed by atoms with E-state index in [0.29, 0.717) is 0 Å². The summed E-state index contributed by atoms with van der Waals surface area (Å²) in [5.74, 6) is 2.04. The molecule has 0 saturated heterocycles. The Morgan fingerprint density at radius 2 is 2.18 bits per heavy atom. The van der Waals surface area contributed by atoms with Crippen LogP contribution in [0.1, 0.15) is 45.9 Å². The van der Waals surface area contributed by atoms with Gasteiger partial charge in [-0.2, -0.15) is 0 Å². The molecule has 0 aliphatic rings. The monoisotopic (exact) mass is 237 g/mol. The van der Waals surface area contributed by atoms with Crippen molar-refractivity contribution in [2.24, 2.45) is 5.92 Å². The van der Waals surface area contributed by atoms with Crippen molar-refractivity contribution in [3.05, 3.63) is 18.2 Å². The lowest BCUT2D eigenvalue weighted by molar-refractivity contribution is 0.511. The zero-order chi connectivity index (χ0) is 12.5. The molecule has 1 N–H and O–H groups in total. The van der Waals surface area contributed by atoms with Crippen molar-refractivity contribution in [2.45, 2.75) is 53.0 Å². The Kier molecular flexibility index (Phi) is 6.94. The van der Waals surface area contributed by atoms with E-state index in [1.54, 1.807) is 0 Å². The minimum absolute atomic E-state index is 0.821. The van der Waals surface area contributed by atoms with Crippen LogP contribution in [0.4, 0.5) is 0 Å². The van der Waals surface area contributed by atoms with Gasteiger partial charge in [-0.05, 0) is 31.7 Å². The second-order valence-electron chi connectivity index (χ2n) is 5.07. The number of aromatic nitrogens is 2. The standard InChI is InChI=1S/C14H27N3/c1-4-6-14-16-10-12-17(14)11-9-15-8-5-7-13(2)3/h10,12-13,15H,4-9,11H2,1-3H3. The molecular formula is C14H27N3. The van der Waals surface area contributed by atoms with E-state index in [4.69, 9.17) is 0 Å². The molecule has 1 heterocycles.